The second-order valence-corrected chi connectivity index (χ2v) is 5.63. The molecule has 1 heterocycles. The molecule has 0 aliphatic carbocycles. The van der Waals surface area contributed by atoms with Gasteiger partial charge in [0.05, 0.1) is 6.42 Å². The molecule has 0 radical (unpaired) electrons. The van der Waals surface area contributed by atoms with Crippen molar-refractivity contribution >= 4 is 23.2 Å². The summed E-state index contributed by atoms with van der Waals surface area (Å²) in [5.74, 6) is -0.0703. The monoisotopic (exact) mass is 261 g/mol. The lowest BCUT2D eigenvalue weighted by Gasteiger charge is -2.17. The molecular weight excluding hydrogens is 242 g/mol. The number of carbonyl (C=O) groups excluding carboxylic acids is 2. The van der Waals surface area contributed by atoms with E-state index in [4.69, 9.17) is 5.73 Å². The number of carbonyl (C=O) groups is 2. The van der Waals surface area contributed by atoms with Crippen molar-refractivity contribution in [2.24, 2.45) is 5.73 Å². The van der Waals surface area contributed by atoms with Crippen LogP contribution in [0.5, 0.6) is 0 Å². The van der Waals surface area contributed by atoms with E-state index in [1.54, 1.807) is 6.07 Å². The molecule has 102 valence electrons. The number of hydrogen-bond acceptors (Lipinski definition) is 3. The number of nitrogens with two attached hydrogens (primary N) is 1. The number of hydrogen-bond donors (Lipinski definition) is 3. The number of amides is 2. The largest absolute Gasteiger partial charge is 0.326 e. The Morgan fingerprint density at radius 3 is 2.89 bits per heavy atom. The first-order valence-corrected chi connectivity index (χ1v) is 6.35. The van der Waals surface area contributed by atoms with Gasteiger partial charge in [-0.3, -0.25) is 9.59 Å². The van der Waals surface area contributed by atoms with E-state index in [-0.39, 0.29) is 17.4 Å². The molecule has 0 bridgehead atoms. The molecule has 0 saturated carbocycles. The molecule has 0 atom stereocenters. The normalized spacial score (nSPS) is 13.9. The third kappa shape index (κ3) is 3.79. The van der Waals surface area contributed by atoms with Crippen molar-refractivity contribution in [2.75, 3.05) is 10.6 Å². The molecule has 0 fully saturated rings. The van der Waals surface area contributed by atoms with Gasteiger partial charge in [-0.25, -0.2) is 0 Å². The van der Waals surface area contributed by atoms with E-state index < -0.39 is 0 Å². The van der Waals surface area contributed by atoms with Crippen molar-refractivity contribution < 1.29 is 9.59 Å². The van der Waals surface area contributed by atoms with Gasteiger partial charge >= 0.3 is 0 Å². The van der Waals surface area contributed by atoms with Gasteiger partial charge in [0.25, 0.3) is 0 Å². The summed E-state index contributed by atoms with van der Waals surface area (Å²) >= 11 is 0. The second-order valence-electron chi connectivity index (χ2n) is 5.63. The van der Waals surface area contributed by atoms with E-state index in [0.717, 1.165) is 16.9 Å². The molecule has 1 aliphatic rings. The summed E-state index contributed by atoms with van der Waals surface area (Å²) in [6.45, 7) is 3.79. The van der Waals surface area contributed by atoms with E-state index in [9.17, 15) is 9.59 Å². The molecule has 1 aromatic carbocycles. The van der Waals surface area contributed by atoms with Crippen molar-refractivity contribution in [1.29, 1.82) is 0 Å². The van der Waals surface area contributed by atoms with Gasteiger partial charge in [-0.15, -0.1) is 0 Å². The maximum absolute atomic E-state index is 11.8. The molecule has 0 aromatic heterocycles. The fourth-order valence-corrected chi connectivity index (χ4v) is 1.97. The van der Waals surface area contributed by atoms with Crippen molar-refractivity contribution in [3.05, 3.63) is 23.8 Å². The zero-order chi connectivity index (χ0) is 14.0. The maximum Gasteiger partial charge on any atom is 0.228 e. The smallest absolute Gasteiger partial charge is 0.228 e. The molecule has 5 nitrogen and oxygen atoms in total. The Balaban J connectivity index is 1.95. The minimum atomic E-state index is -0.342. The minimum Gasteiger partial charge on any atom is -0.326 e. The SMILES string of the molecule is CC(C)(N)CCC(=O)Nc1ccc2c(c1)CC(=O)N2. The average molecular weight is 261 g/mol. The Bertz CT molecular complexity index is 518. The standard InChI is InChI=1S/C14H19N3O2/c1-14(2,15)6-5-12(18)16-10-3-4-11-9(7-10)8-13(19)17-11/h3-4,7H,5-6,8,15H2,1-2H3,(H,16,18)(H,17,19). The van der Waals surface area contributed by atoms with E-state index in [1.165, 1.54) is 0 Å². The summed E-state index contributed by atoms with van der Waals surface area (Å²) in [5, 5.41) is 5.58. The molecular formula is C14H19N3O2. The highest BCUT2D eigenvalue weighted by Gasteiger charge is 2.18. The van der Waals surface area contributed by atoms with Crippen LogP contribution in [0.15, 0.2) is 18.2 Å². The number of rotatable bonds is 4. The predicted molar refractivity (Wildman–Crippen MR) is 74.9 cm³/mol. The molecule has 0 saturated heterocycles. The van der Waals surface area contributed by atoms with Gasteiger partial charge < -0.3 is 16.4 Å². The van der Waals surface area contributed by atoms with Crippen LogP contribution in [0, 0.1) is 0 Å². The van der Waals surface area contributed by atoms with Gasteiger partial charge in [0.2, 0.25) is 11.8 Å². The average Bonchev–Trinajstić information content (AvgIpc) is 2.65. The van der Waals surface area contributed by atoms with Crippen molar-refractivity contribution in [1.82, 2.24) is 0 Å². The van der Waals surface area contributed by atoms with Gasteiger partial charge in [0.1, 0.15) is 0 Å². The van der Waals surface area contributed by atoms with Gasteiger partial charge in [-0.2, -0.15) is 0 Å². The zero-order valence-corrected chi connectivity index (χ0v) is 11.2. The van der Waals surface area contributed by atoms with Crippen LogP contribution >= 0.6 is 0 Å². The lowest BCUT2D eigenvalue weighted by Crippen LogP contribution is -2.33. The van der Waals surface area contributed by atoms with Crippen molar-refractivity contribution in [2.45, 2.75) is 38.6 Å². The number of anilines is 2. The van der Waals surface area contributed by atoms with Crippen LogP contribution in [0.25, 0.3) is 0 Å². The summed E-state index contributed by atoms with van der Waals surface area (Å²) in [4.78, 5) is 23.0. The number of nitrogens with one attached hydrogen (secondary N) is 2. The summed E-state index contributed by atoms with van der Waals surface area (Å²) in [6, 6.07) is 5.43. The minimum absolute atomic E-state index is 0.0108. The fraction of sp³-hybridized carbons (Fsp3) is 0.429. The molecule has 5 heteroatoms. The Hall–Kier alpha value is -1.88. The third-order valence-corrected chi connectivity index (χ3v) is 3.01. The molecule has 4 N–H and O–H groups in total. The van der Waals surface area contributed by atoms with Crippen LogP contribution in [-0.2, 0) is 16.0 Å². The highest BCUT2D eigenvalue weighted by Crippen LogP contribution is 2.26. The lowest BCUT2D eigenvalue weighted by atomic mass is 10.00. The highest BCUT2D eigenvalue weighted by molar-refractivity contribution is 6.00. The molecule has 1 aliphatic heterocycles. The molecule has 0 unspecified atom stereocenters. The van der Waals surface area contributed by atoms with Crippen LogP contribution in [0.1, 0.15) is 32.3 Å². The first kappa shape index (κ1) is 13.5. The Kier molecular flexibility index (Phi) is 3.57. The molecule has 19 heavy (non-hydrogen) atoms. The lowest BCUT2D eigenvalue weighted by molar-refractivity contribution is -0.116. The van der Waals surface area contributed by atoms with E-state index >= 15 is 0 Å². The Morgan fingerprint density at radius 1 is 1.47 bits per heavy atom. The first-order chi connectivity index (χ1) is 8.83. The third-order valence-electron chi connectivity index (χ3n) is 3.01. The molecule has 0 spiro atoms. The van der Waals surface area contributed by atoms with E-state index in [1.807, 2.05) is 26.0 Å². The summed E-state index contributed by atoms with van der Waals surface area (Å²) < 4.78 is 0. The van der Waals surface area contributed by atoms with Crippen molar-refractivity contribution in [3.63, 3.8) is 0 Å². The summed E-state index contributed by atoms with van der Waals surface area (Å²) in [5.41, 5.74) is 7.96. The van der Waals surface area contributed by atoms with Crippen LogP contribution in [0.4, 0.5) is 11.4 Å². The van der Waals surface area contributed by atoms with Gasteiger partial charge in [0.15, 0.2) is 0 Å². The van der Waals surface area contributed by atoms with Crippen LogP contribution in [0.2, 0.25) is 0 Å². The Labute approximate surface area is 112 Å². The van der Waals surface area contributed by atoms with E-state index in [2.05, 4.69) is 10.6 Å². The predicted octanol–water partition coefficient (Wildman–Crippen LogP) is 1.64. The van der Waals surface area contributed by atoms with Crippen LogP contribution < -0.4 is 16.4 Å². The van der Waals surface area contributed by atoms with Crippen LogP contribution in [0.3, 0.4) is 0 Å². The first-order valence-electron chi connectivity index (χ1n) is 6.35. The van der Waals surface area contributed by atoms with Crippen molar-refractivity contribution in [3.8, 4) is 0 Å². The molecule has 2 rings (SSSR count). The quantitative estimate of drug-likeness (QED) is 0.770. The highest BCUT2D eigenvalue weighted by atomic mass is 16.2. The second kappa shape index (κ2) is 5.01. The maximum atomic E-state index is 11.8. The Morgan fingerprint density at radius 2 is 2.21 bits per heavy atom. The fourth-order valence-electron chi connectivity index (χ4n) is 1.97. The molecule has 2 amide bonds. The summed E-state index contributed by atoms with van der Waals surface area (Å²) in [7, 11) is 0. The topological polar surface area (TPSA) is 84.2 Å². The van der Waals surface area contributed by atoms with E-state index in [0.29, 0.717) is 19.3 Å². The van der Waals surface area contributed by atoms with Gasteiger partial charge in [0, 0.05) is 23.3 Å². The molecule has 1 aromatic rings. The van der Waals surface area contributed by atoms with Gasteiger partial charge in [-0.05, 0) is 44.0 Å². The zero-order valence-electron chi connectivity index (χ0n) is 11.2. The van der Waals surface area contributed by atoms with Gasteiger partial charge in [-0.1, -0.05) is 0 Å². The number of fused-ring (bicyclic) bond motifs is 1. The van der Waals surface area contributed by atoms with Crippen LogP contribution in [-0.4, -0.2) is 17.4 Å². The number of benzene rings is 1. The summed E-state index contributed by atoms with van der Waals surface area (Å²) in [6.07, 6.45) is 1.39.